The normalized spacial score (nSPS) is 16.5. The highest BCUT2D eigenvalue weighted by Crippen LogP contribution is 2.37. The topological polar surface area (TPSA) is 46.4 Å². The summed E-state index contributed by atoms with van der Waals surface area (Å²) < 4.78 is 1.75. The predicted octanol–water partition coefficient (Wildman–Crippen LogP) is 4.71. The Bertz CT molecular complexity index is 852. The molecule has 0 aliphatic heterocycles. The molecule has 0 saturated heterocycles. The first-order chi connectivity index (χ1) is 11.7. The Kier molecular flexibility index (Phi) is 4.29. The Morgan fingerprint density at radius 2 is 2.12 bits per heavy atom. The molecule has 0 bridgehead atoms. The molecule has 4 nitrogen and oxygen atoms in total. The van der Waals surface area contributed by atoms with E-state index in [0.29, 0.717) is 17.3 Å². The summed E-state index contributed by atoms with van der Waals surface area (Å²) in [6.07, 6.45) is 6.60. The Hall–Kier alpha value is -1.85. The molecule has 3 aromatic rings. The summed E-state index contributed by atoms with van der Waals surface area (Å²) in [5, 5.41) is 5.53. The van der Waals surface area contributed by atoms with E-state index < -0.39 is 0 Å². The second-order valence-corrected chi connectivity index (χ2v) is 7.53. The fourth-order valence-corrected chi connectivity index (χ4v) is 4.69. The summed E-state index contributed by atoms with van der Waals surface area (Å²) in [6, 6.07) is 9.78. The van der Waals surface area contributed by atoms with E-state index in [1.165, 1.54) is 17.7 Å². The molecule has 1 N–H and O–H groups in total. The molecule has 1 aliphatic rings. The van der Waals surface area contributed by atoms with E-state index in [-0.39, 0.29) is 17.1 Å². The van der Waals surface area contributed by atoms with Crippen LogP contribution in [0.5, 0.6) is 0 Å². The minimum atomic E-state index is -0.163. The summed E-state index contributed by atoms with van der Waals surface area (Å²) in [5.41, 5.74) is 1.09. The van der Waals surface area contributed by atoms with Crippen LogP contribution in [0.4, 0.5) is 0 Å². The summed E-state index contributed by atoms with van der Waals surface area (Å²) in [7, 11) is 0. The Labute approximate surface area is 149 Å². The standard InChI is InChI=1S/C18H18ClN3OS/c19-17-16(22-10-4-3-9-14(22)20-17)18(23)21-15(12-6-1-2-7-12)13-8-5-11-24-13/h3-5,8-12,15H,1-2,6-7H2,(H,21,23)/t15-/m0/s1. The molecule has 0 unspecified atom stereocenters. The first-order valence-corrected chi connectivity index (χ1v) is 9.46. The van der Waals surface area contributed by atoms with Crippen LogP contribution in [-0.2, 0) is 0 Å². The Morgan fingerprint density at radius 1 is 1.29 bits per heavy atom. The minimum absolute atomic E-state index is 0.0466. The molecule has 124 valence electrons. The quantitative estimate of drug-likeness (QED) is 0.733. The lowest BCUT2D eigenvalue weighted by molar-refractivity contribution is 0.0917. The van der Waals surface area contributed by atoms with E-state index in [1.807, 2.05) is 30.5 Å². The van der Waals surface area contributed by atoms with Gasteiger partial charge in [0.25, 0.3) is 5.91 Å². The summed E-state index contributed by atoms with van der Waals surface area (Å²) >= 11 is 7.94. The molecule has 1 saturated carbocycles. The lowest BCUT2D eigenvalue weighted by Crippen LogP contribution is -2.33. The Balaban J connectivity index is 1.66. The maximum Gasteiger partial charge on any atom is 0.272 e. The van der Waals surface area contributed by atoms with Crippen LogP contribution >= 0.6 is 22.9 Å². The fraction of sp³-hybridized carbons (Fsp3) is 0.333. The zero-order valence-corrected chi connectivity index (χ0v) is 14.7. The largest absolute Gasteiger partial charge is 0.343 e. The van der Waals surface area contributed by atoms with Crippen LogP contribution in [0.15, 0.2) is 41.9 Å². The molecular formula is C18H18ClN3OS. The number of aromatic nitrogens is 2. The number of carbonyl (C=O) groups excluding carboxylic acids is 1. The van der Waals surface area contributed by atoms with Gasteiger partial charge in [0.05, 0.1) is 6.04 Å². The predicted molar refractivity (Wildman–Crippen MR) is 96.7 cm³/mol. The summed E-state index contributed by atoms with van der Waals surface area (Å²) in [5.74, 6) is 0.328. The number of amides is 1. The van der Waals surface area contributed by atoms with E-state index in [1.54, 1.807) is 15.7 Å². The van der Waals surface area contributed by atoms with Crippen LogP contribution in [0.2, 0.25) is 5.15 Å². The van der Waals surface area contributed by atoms with Gasteiger partial charge in [0.2, 0.25) is 0 Å². The van der Waals surface area contributed by atoms with Crippen molar-refractivity contribution in [2.24, 2.45) is 5.92 Å². The number of carbonyl (C=O) groups is 1. The first-order valence-electron chi connectivity index (χ1n) is 8.21. The van der Waals surface area contributed by atoms with Crippen LogP contribution < -0.4 is 5.32 Å². The number of thiophene rings is 1. The van der Waals surface area contributed by atoms with Crippen molar-refractivity contribution in [3.8, 4) is 0 Å². The molecule has 1 amide bonds. The molecule has 3 aromatic heterocycles. The minimum Gasteiger partial charge on any atom is -0.343 e. The molecule has 1 aliphatic carbocycles. The highest BCUT2D eigenvalue weighted by Gasteiger charge is 2.30. The first kappa shape index (κ1) is 15.7. The molecule has 3 heterocycles. The second-order valence-electron chi connectivity index (χ2n) is 6.19. The third-order valence-corrected chi connectivity index (χ3v) is 5.93. The number of imidazole rings is 1. The van der Waals surface area contributed by atoms with Gasteiger partial charge < -0.3 is 5.32 Å². The number of rotatable bonds is 4. The van der Waals surface area contributed by atoms with Crippen LogP contribution in [0.25, 0.3) is 5.65 Å². The highest BCUT2D eigenvalue weighted by atomic mass is 35.5. The summed E-state index contributed by atoms with van der Waals surface area (Å²) in [4.78, 5) is 18.4. The molecule has 0 radical (unpaired) electrons. The maximum atomic E-state index is 13.0. The van der Waals surface area contributed by atoms with Crippen molar-refractivity contribution in [3.05, 3.63) is 57.6 Å². The van der Waals surface area contributed by atoms with Gasteiger partial charge in [0, 0.05) is 11.1 Å². The molecule has 0 aromatic carbocycles. The van der Waals surface area contributed by atoms with Crippen LogP contribution in [-0.4, -0.2) is 15.3 Å². The van der Waals surface area contributed by atoms with Crippen LogP contribution in [0.1, 0.15) is 47.1 Å². The smallest absolute Gasteiger partial charge is 0.272 e. The second kappa shape index (κ2) is 6.57. The van der Waals surface area contributed by atoms with Gasteiger partial charge in [-0.25, -0.2) is 4.98 Å². The van der Waals surface area contributed by atoms with Crippen LogP contribution in [0, 0.1) is 5.92 Å². The lowest BCUT2D eigenvalue weighted by Gasteiger charge is -2.23. The fourth-order valence-electron chi connectivity index (χ4n) is 3.56. The average Bonchev–Trinajstić information content (AvgIpc) is 3.32. The van der Waals surface area contributed by atoms with Crippen molar-refractivity contribution < 1.29 is 4.79 Å². The van der Waals surface area contributed by atoms with Crippen molar-refractivity contribution in [3.63, 3.8) is 0 Å². The van der Waals surface area contributed by atoms with Gasteiger partial charge in [-0.1, -0.05) is 36.6 Å². The molecule has 4 rings (SSSR count). The van der Waals surface area contributed by atoms with Gasteiger partial charge in [-0.05, 0) is 42.3 Å². The number of nitrogens with one attached hydrogen (secondary N) is 1. The van der Waals surface area contributed by atoms with Gasteiger partial charge in [-0.15, -0.1) is 11.3 Å². The molecule has 0 spiro atoms. The van der Waals surface area contributed by atoms with Gasteiger partial charge in [-0.2, -0.15) is 0 Å². The van der Waals surface area contributed by atoms with E-state index in [9.17, 15) is 4.79 Å². The van der Waals surface area contributed by atoms with Crippen molar-refractivity contribution >= 4 is 34.5 Å². The van der Waals surface area contributed by atoms with E-state index in [0.717, 1.165) is 12.8 Å². The van der Waals surface area contributed by atoms with E-state index in [2.05, 4.69) is 21.7 Å². The average molecular weight is 360 g/mol. The third kappa shape index (κ3) is 2.82. The molecular weight excluding hydrogens is 342 g/mol. The van der Waals surface area contributed by atoms with Crippen molar-refractivity contribution in [1.82, 2.24) is 14.7 Å². The number of nitrogens with zero attached hydrogens (tertiary/aromatic N) is 2. The summed E-state index contributed by atoms with van der Waals surface area (Å²) in [6.45, 7) is 0. The van der Waals surface area contributed by atoms with Gasteiger partial charge in [0.1, 0.15) is 5.65 Å². The number of halogens is 1. The molecule has 24 heavy (non-hydrogen) atoms. The van der Waals surface area contributed by atoms with Crippen molar-refractivity contribution in [2.45, 2.75) is 31.7 Å². The maximum absolute atomic E-state index is 13.0. The number of pyridine rings is 1. The van der Waals surface area contributed by atoms with Gasteiger partial charge in [-0.3, -0.25) is 9.20 Å². The zero-order chi connectivity index (χ0) is 16.5. The highest BCUT2D eigenvalue weighted by molar-refractivity contribution is 7.10. The van der Waals surface area contributed by atoms with Gasteiger partial charge in [0.15, 0.2) is 10.8 Å². The Morgan fingerprint density at radius 3 is 2.88 bits per heavy atom. The van der Waals surface area contributed by atoms with Crippen molar-refractivity contribution in [1.29, 1.82) is 0 Å². The van der Waals surface area contributed by atoms with E-state index >= 15 is 0 Å². The zero-order valence-electron chi connectivity index (χ0n) is 13.1. The lowest BCUT2D eigenvalue weighted by atomic mass is 9.96. The monoisotopic (exact) mass is 359 g/mol. The number of hydrogen-bond acceptors (Lipinski definition) is 3. The van der Waals surface area contributed by atoms with E-state index in [4.69, 9.17) is 11.6 Å². The SMILES string of the molecule is O=C(N[C@H](c1cccs1)C1CCCC1)c1c(Cl)nc2ccccn12. The number of hydrogen-bond donors (Lipinski definition) is 1. The third-order valence-electron chi connectivity index (χ3n) is 4.71. The van der Waals surface area contributed by atoms with Crippen LogP contribution in [0.3, 0.4) is 0 Å². The van der Waals surface area contributed by atoms with Gasteiger partial charge >= 0.3 is 0 Å². The molecule has 6 heteroatoms. The van der Waals surface area contributed by atoms with Crippen molar-refractivity contribution in [2.75, 3.05) is 0 Å². The number of fused-ring (bicyclic) bond motifs is 1. The molecule has 1 atom stereocenters. The molecule has 1 fully saturated rings.